The molecule has 0 fully saturated rings. The van der Waals surface area contributed by atoms with Gasteiger partial charge in [-0.3, -0.25) is 0 Å². The van der Waals surface area contributed by atoms with E-state index in [9.17, 15) is 13.2 Å². The maximum Gasteiger partial charge on any atom is 0.152 e. The molecule has 2 nitrogen and oxygen atoms in total. The van der Waals surface area contributed by atoms with Gasteiger partial charge in [-0.05, 0) is 66.6 Å². The van der Waals surface area contributed by atoms with Crippen LogP contribution in [0.1, 0.15) is 23.6 Å². The van der Waals surface area contributed by atoms with Crippen molar-refractivity contribution < 1.29 is 13.2 Å². The number of aryl methyl sites for hydroxylation is 1. The fourth-order valence-corrected chi connectivity index (χ4v) is 2.53. The topological polar surface area (TPSA) is 24.7 Å². The molecule has 3 rings (SSSR count). The van der Waals surface area contributed by atoms with Crippen LogP contribution in [-0.4, -0.2) is 0 Å². The Kier molecular flexibility index (Phi) is 6.13. The molecule has 0 bridgehead atoms. The quantitative estimate of drug-likeness (QED) is 0.331. The van der Waals surface area contributed by atoms with Gasteiger partial charge in [-0.1, -0.05) is 30.4 Å². The molecule has 0 saturated heterocycles. The first-order valence-corrected chi connectivity index (χ1v) is 8.81. The number of nitrogens with zero attached hydrogens (tertiary/aromatic N) is 2. The van der Waals surface area contributed by atoms with Crippen LogP contribution in [0.5, 0.6) is 0 Å². The number of benzene rings is 3. The molecule has 0 aliphatic rings. The smallest absolute Gasteiger partial charge is 0.152 e. The molecule has 0 atom stereocenters. The summed E-state index contributed by atoms with van der Waals surface area (Å²) in [4.78, 5) is 0. The summed E-state index contributed by atoms with van der Waals surface area (Å²) in [6.45, 7) is 1.82. The summed E-state index contributed by atoms with van der Waals surface area (Å²) in [6, 6.07) is 13.2. The number of halogens is 4. The van der Waals surface area contributed by atoms with Crippen molar-refractivity contribution in [2.45, 2.75) is 13.3 Å². The van der Waals surface area contributed by atoms with E-state index < -0.39 is 17.5 Å². The third-order valence-corrected chi connectivity index (χ3v) is 4.13. The molecule has 0 N–H and O–H groups in total. The van der Waals surface area contributed by atoms with E-state index in [1.807, 2.05) is 6.92 Å². The molecular weight excluding hydrogens is 385 g/mol. The van der Waals surface area contributed by atoms with Crippen molar-refractivity contribution in [2.75, 3.05) is 0 Å². The molecular formula is C22H14ClF3N2. The van der Waals surface area contributed by atoms with Gasteiger partial charge in [-0.25, -0.2) is 13.2 Å². The maximum atomic E-state index is 14.0. The molecule has 3 aromatic rings. The molecule has 0 aliphatic carbocycles. The monoisotopic (exact) mass is 398 g/mol. The van der Waals surface area contributed by atoms with E-state index in [0.29, 0.717) is 23.2 Å². The molecule has 0 heterocycles. The average Bonchev–Trinajstić information content (AvgIpc) is 2.67. The minimum atomic E-state index is -0.681. The molecule has 0 unspecified atom stereocenters. The molecule has 28 heavy (non-hydrogen) atoms. The van der Waals surface area contributed by atoms with Crippen molar-refractivity contribution in [2.24, 2.45) is 10.2 Å². The van der Waals surface area contributed by atoms with Crippen molar-refractivity contribution in [3.8, 4) is 11.8 Å². The molecule has 140 valence electrons. The van der Waals surface area contributed by atoms with Crippen LogP contribution in [0.3, 0.4) is 0 Å². The third kappa shape index (κ3) is 4.79. The third-order valence-electron chi connectivity index (χ3n) is 3.89. The van der Waals surface area contributed by atoms with Crippen molar-refractivity contribution >= 4 is 23.0 Å². The normalized spacial score (nSPS) is 10.8. The van der Waals surface area contributed by atoms with Gasteiger partial charge in [0.2, 0.25) is 0 Å². The van der Waals surface area contributed by atoms with Crippen molar-refractivity contribution in [3.05, 3.63) is 93.8 Å². The van der Waals surface area contributed by atoms with E-state index in [-0.39, 0.29) is 16.3 Å². The Morgan fingerprint density at radius 1 is 0.821 bits per heavy atom. The van der Waals surface area contributed by atoms with Gasteiger partial charge in [0.25, 0.3) is 0 Å². The molecule has 0 aromatic heterocycles. The Morgan fingerprint density at radius 2 is 1.50 bits per heavy atom. The van der Waals surface area contributed by atoms with Gasteiger partial charge in [0.1, 0.15) is 17.3 Å². The molecule has 0 aliphatic heterocycles. The molecule has 3 aromatic carbocycles. The Balaban J connectivity index is 1.77. The number of azo groups is 1. The first-order chi connectivity index (χ1) is 13.5. The summed E-state index contributed by atoms with van der Waals surface area (Å²) < 4.78 is 41.6. The highest BCUT2D eigenvalue weighted by molar-refractivity contribution is 6.30. The highest BCUT2D eigenvalue weighted by Crippen LogP contribution is 2.24. The Morgan fingerprint density at radius 3 is 2.11 bits per heavy atom. The zero-order valence-electron chi connectivity index (χ0n) is 14.8. The Labute approximate surface area is 165 Å². The minimum absolute atomic E-state index is 0.0646. The summed E-state index contributed by atoms with van der Waals surface area (Å²) >= 11 is 5.69. The van der Waals surface area contributed by atoms with Gasteiger partial charge in [0.15, 0.2) is 5.82 Å². The largest absolute Gasteiger partial charge is 0.206 e. The molecule has 0 amide bonds. The lowest BCUT2D eigenvalue weighted by molar-refractivity contribution is 0.574. The fraction of sp³-hybridized carbons (Fsp3) is 0.0909. The summed E-state index contributed by atoms with van der Waals surface area (Å²) in [5, 5.41) is 8.06. The predicted octanol–water partition coefficient (Wildman–Crippen LogP) is 7.13. The van der Waals surface area contributed by atoms with Crippen LogP contribution < -0.4 is 0 Å². The van der Waals surface area contributed by atoms with Gasteiger partial charge >= 0.3 is 0 Å². The maximum absolute atomic E-state index is 14.0. The second-order valence-electron chi connectivity index (χ2n) is 5.88. The molecule has 6 heteroatoms. The van der Waals surface area contributed by atoms with Gasteiger partial charge in [-0.15, -0.1) is 5.11 Å². The van der Waals surface area contributed by atoms with Crippen LogP contribution in [-0.2, 0) is 6.42 Å². The van der Waals surface area contributed by atoms with Crippen LogP contribution >= 0.6 is 11.6 Å². The second kappa shape index (κ2) is 8.73. The lowest BCUT2D eigenvalue weighted by atomic mass is 10.1. The molecule has 0 saturated carbocycles. The highest BCUT2D eigenvalue weighted by atomic mass is 35.5. The Bertz CT molecular complexity index is 1070. The SMILES string of the molecule is CCc1cc(F)c(C#Cc2ccc(N=Nc3ccc(Cl)cc3F)cc2)c(F)c1. The van der Waals surface area contributed by atoms with E-state index in [2.05, 4.69) is 22.1 Å². The molecule has 0 spiro atoms. The van der Waals surface area contributed by atoms with Gasteiger partial charge < -0.3 is 0 Å². The van der Waals surface area contributed by atoms with Crippen molar-refractivity contribution in [1.82, 2.24) is 0 Å². The predicted molar refractivity (Wildman–Crippen MR) is 104 cm³/mol. The fourth-order valence-electron chi connectivity index (χ4n) is 2.37. The highest BCUT2D eigenvalue weighted by Gasteiger charge is 2.08. The second-order valence-corrected chi connectivity index (χ2v) is 6.32. The van der Waals surface area contributed by atoms with Crippen LogP contribution in [0.2, 0.25) is 5.02 Å². The number of hydrogen-bond donors (Lipinski definition) is 0. The van der Waals surface area contributed by atoms with E-state index in [1.165, 1.54) is 24.3 Å². The lowest BCUT2D eigenvalue weighted by Gasteiger charge is -2.01. The standard InChI is InChI=1S/C22H14ClF3N2/c1-2-14-11-19(24)18(20(25)12-14)9-5-15-3-7-17(8-4-15)27-28-22-10-6-16(23)13-21(22)26/h3-4,6-8,10-13H,2H2,1H3. The van der Waals surface area contributed by atoms with Gasteiger partial charge in [0.05, 0.1) is 11.3 Å². The van der Waals surface area contributed by atoms with E-state index in [0.717, 1.165) is 6.07 Å². The summed E-state index contributed by atoms with van der Waals surface area (Å²) in [7, 11) is 0. The van der Waals surface area contributed by atoms with Crippen LogP contribution in [0.15, 0.2) is 64.8 Å². The zero-order valence-corrected chi connectivity index (χ0v) is 15.6. The first kappa shape index (κ1) is 19.7. The van der Waals surface area contributed by atoms with Crippen LogP contribution in [0.25, 0.3) is 0 Å². The lowest BCUT2D eigenvalue weighted by Crippen LogP contribution is -1.93. The zero-order chi connectivity index (χ0) is 20.1. The summed E-state index contributed by atoms with van der Waals surface area (Å²) in [5.41, 5.74) is 1.40. The molecule has 0 radical (unpaired) electrons. The summed E-state index contributed by atoms with van der Waals surface area (Å²) in [6.07, 6.45) is 0.539. The van der Waals surface area contributed by atoms with Crippen LogP contribution in [0.4, 0.5) is 24.5 Å². The van der Waals surface area contributed by atoms with Crippen molar-refractivity contribution in [1.29, 1.82) is 0 Å². The van der Waals surface area contributed by atoms with Crippen LogP contribution in [0, 0.1) is 29.3 Å². The minimum Gasteiger partial charge on any atom is -0.206 e. The van der Waals surface area contributed by atoms with E-state index >= 15 is 0 Å². The van der Waals surface area contributed by atoms with E-state index in [4.69, 9.17) is 11.6 Å². The average molecular weight is 399 g/mol. The number of rotatable bonds is 3. The van der Waals surface area contributed by atoms with Gasteiger partial charge in [0, 0.05) is 10.6 Å². The first-order valence-electron chi connectivity index (χ1n) is 8.43. The summed E-state index contributed by atoms with van der Waals surface area (Å²) in [5.74, 6) is 3.31. The van der Waals surface area contributed by atoms with Crippen molar-refractivity contribution in [3.63, 3.8) is 0 Å². The van der Waals surface area contributed by atoms with E-state index in [1.54, 1.807) is 24.3 Å². The number of hydrogen-bond acceptors (Lipinski definition) is 2. The van der Waals surface area contributed by atoms with Gasteiger partial charge in [-0.2, -0.15) is 5.11 Å². The Hall–Kier alpha value is -3.10.